The zero-order chi connectivity index (χ0) is 13.2. The van der Waals surface area contributed by atoms with Gasteiger partial charge in [0.1, 0.15) is 11.3 Å². The van der Waals surface area contributed by atoms with Gasteiger partial charge in [-0.2, -0.15) is 11.8 Å². The Balaban J connectivity index is 2.01. The zero-order valence-corrected chi connectivity index (χ0v) is 12.7. The van der Waals surface area contributed by atoms with Gasteiger partial charge in [0.25, 0.3) is 0 Å². The number of imidazole rings is 1. The number of pyridine rings is 1. The maximum absolute atomic E-state index is 5.90. The van der Waals surface area contributed by atoms with E-state index in [2.05, 4.69) is 27.4 Å². The molecule has 1 saturated heterocycles. The van der Waals surface area contributed by atoms with Gasteiger partial charge in [-0.15, -0.1) is 11.6 Å². The van der Waals surface area contributed by atoms with Crippen LogP contribution >= 0.6 is 23.4 Å². The number of fused-ring (bicyclic) bond motifs is 1. The van der Waals surface area contributed by atoms with E-state index in [0.717, 1.165) is 35.6 Å². The molecule has 1 aliphatic heterocycles. The minimum absolute atomic E-state index is 0.611. The number of nitrogens with zero attached hydrogens (tertiary/aromatic N) is 3. The number of aryl methyl sites for hydroxylation is 2. The molecule has 1 atom stereocenters. The van der Waals surface area contributed by atoms with E-state index >= 15 is 0 Å². The highest BCUT2D eigenvalue weighted by molar-refractivity contribution is 8.00. The van der Waals surface area contributed by atoms with Gasteiger partial charge in [-0.05, 0) is 37.7 Å². The summed E-state index contributed by atoms with van der Waals surface area (Å²) in [6.07, 6.45) is 3.45. The van der Waals surface area contributed by atoms with E-state index in [9.17, 15) is 0 Å². The Morgan fingerprint density at radius 2 is 2.32 bits per heavy atom. The summed E-state index contributed by atoms with van der Waals surface area (Å²) in [6, 6.07) is 4.09. The van der Waals surface area contributed by atoms with Gasteiger partial charge in [0.05, 0.1) is 0 Å². The maximum atomic E-state index is 5.90. The Morgan fingerprint density at radius 1 is 1.42 bits per heavy atom. The van der Waals surface area contributed by atoms with Crippen molar-refractivity contribution >= 4 is 34.5 Å². The lowest BCUT2D eigenvalue weighted by molar-refractivity contribution is 0.623. The third-order valence-corrected chi connectivity index (χ3v) is 5.11. The summed E-state index contributed by atoms with van der Waals surface area (Å²) < 4.78 is 2.29. The molecule has 0 N–H and O–H groups in total. The highest BCUT2D eigenvalue weighted by atomic mass is 35.5. The van der Waals surface area contributed by atoms with Crippen molar-refractivity contribution in [1.82, 2.24) is 14.5 Å². The summed E-state index contributed by atoms with van der Waals surface area (Å²) in [6.45, 7) is 3.05. The van der Waals surface area contributed by atoms with E-state index in [1.165, 1.54) is 18.6 Å². The second-order valence-corrected chi connectivity index (χ2v) is 6.79. The summed E-state index contributed by atoms with van der Waals surface area (Å²) in [5, 5.41) is 0.703. The highest BCUT2D eigenvalue weighted by Gasteiger charge is 2.20. The molecule has 0 aromatic carbocycles. The van der Waals surface area contributed by atoms with Gasteiger partial charge in [-0.3, -0.25) is 0 Å². The largest absolute Gasteiger partial charge is 0.312 e. The number of halogens is 1. The second-order valence-electron chi connectivity index (χ2n) is 5.01. The van der Waals surface area contributed by atoms with Gasteiger partial charge in [0.15, 0.2) is 5.65 Å². The summed E-state index contributed by atoms with van der Waals surface area (Å²) in [5.74, 6) is 2.98. The van der Waals surface area contributed by atoms with Crippen LogP contribution in [0.25, 0.3) is 11.2 Å². The van der Waals surface area contributed by atoms with Crippen molar-refractivity contribution in [1.29, 1.82) is 0 Å². The first kappa shape index (κ1) is 13.3. The van der Waals surface area contributed by atoms with Crippen LogP contribution in [0.5, 0.6) is 0 Å². The lowest BCUT2D eigenvalue weighted by Crippen LogP contribution is -2.13. The fraction of sp³-hybridized carbons (Fsp3) is 0.571. The fourth-order valence-electron chi connectivity index (χ4n) is 2.60. The van der Waals surface area contributed by atoms with E-state index in [4.69, 9.17) is 16.6 Å². The molecule has 1 fully saturated rings. The van der Waals surface area contributed by atoms with Gasteiger partial charge in [0, 0.05) is 29.8 Å². The van der Waals surface area contributed by atoms with Crippen LogP contribution < -0.4 is 0 Å². The number of aromatic nitrogens is 3. The van der Waals surface area contributed by atoms with Crippen molar-refractivity contribution in [3.05, 3.63) is 23.7 Å². The van der Waals surface area contributed by atoms with E-state index in [1.54, 1.807) is 0 Å². The fourth-order valence-corrected chi connectivity index (χ4v) is 4.03. The van der Waals surface area contributed by atoms with Gasteiger partial charge in [-0.1, -0.05) is 0 Å². The quantitative estimate of drug-likeness (QED) is 0.810. The van der Waals surface area contributed by atoms with E-state index in [1.807, 2.05) is 13.0 Å². The summed E-state index contributed by atoms with van der Waals surface area (Å²) in [4.78, 5) is 9.36. The van der Waals surface area contributed by atoms with Gasteiger partial charge >= 0.3 is 0 Å². The standard InChI is InChI=1S/C14H18ClN3S/c1-10-4-5-12-14(16-10)18(13(17-12)6-7-15)9-11-3-2-8-19-11/h4-5,11H,2-3,6-9H2,1H3. The van der Waals surface area contributed by atoms with Crippen molar-refractivity contribution in [2.24, 2.45) is 0 Å². The Morgan fingerprint density at radius 3 is 3.05 bits per heavy atom. The number of alkyl halides is 1. The first-order valence-corrected chi connectivity index (χ1v) is 8.36. The van der Waals surface area contributed by atoms with Crippen molar-refractivity contribution in [3.8, 4) is 0 Å². The van der Waals surface area contributed by atoms with Crippen LogP contribution in [0, 0.1) is 6.92 Å². The van der Waals surface area contributed by atoms with Crippen LogP contribution in [0.3, 0.4) is 0 Å². The van der Waals surface area contributed by atoms with E-state index in [0.29, 0.717) is 11.1 Å². The Bertz CT molecular complexity index is 575. The molecule has 0 spiro atoms. The first-order valence-electron chi connectivity index (χ1n) is 6.78. The number of hydrogen-bond acceptors (Lipinski definition) is 3. The monoisotopic (exact) mass is 295 g/mol. The molecule has 3 heterocycles. The van der Waals surface area contributed by atoms with Gasteiger partial charge < -0.3 is 4.57 Å². The predicted molar refractivity (Wildman–Crippen MR) is 82.2 cm³/mol. The zero-order valence-electron chi connectivity index (χ0n) is 11.1. The number of thioether (sulfide) groups is 1. The minimum atomic E-state index is 0.611. The van der Waals surface area contributed by atoms with Crippen LogP contribution in [-0.2, 0) is 13.0 Å². The predicted octanol–water partition coefficient (Wildman–Crippen LogP) is 3.42. The molecule has 0 saturated carbocycles. The summed E-state index contributed by atoms with van der Waals surface area (Å²) in [7, 11) is 0. The van der Waals surface area contributed by atoms with Crippen LogP contribution in [0.15, 0.2) is 12.1 Å². The lowest BCUT2D eigenvalue weighted by Gasteiger charge is -2.12. The van der Waals surface area contributed by atoms with Crippen LogP contribution in [-0.4, -0.2) is 31.4 Å². The Labute approximate surface area is 122 Å². The molecule has 102 valence electrons. The molecular formula is C14H18ClN3S. The molecule has 2 aromatic heterocycles. The van der Waals surface area contributed by atoms with Crippen molar-refractivity contribution < 1.29 is 0 Å². The molecule has 0 bridgehead atoms. The van der Waals surface area contributed by atoms with E-state index < -0.39 is 0 Å². The summed E-state index contributed by atoms with van der Waals surface area (Å²) >= 11 is 7.98. The average molecular weight is 296 g/mol. The first-order chi connectivity index (χ1) is 9.28. The topological polar surface area (TPSA) is 30.7 Å². The van der Waals surface area contributed by atoms with Crippen molar-refractivity contribution in [3.63, 3.8) is 0 Å². The Kier molecular flexibility index (Phi) is 3.99. The number of rotatable bonds is 4. The molecule has 19 heavy (non-hydrogen) atoms. The summed E-state index contributed by atoms with van der Waals surface area (Å²) in [5.41, 5.74) is 3.06. The third kappa shape index (κ3) is 2.75. The molecule has 0 aliphatic carbocycles. The maximum Gasteiger partial charge on any atom is 0.160 e. The van der Waals surface area contributed by atoms with Gasteiger partial charge in [-0.25, -0.2) is 9.97 Å². The molecule has 2 aromatic rings. The van der Waals surface area contributed by atoms with Crippen LogP contribution in [0.1, 0.15) is 24.4 Å². The van der Waals surface area contributed by atoms with Crippen molar-refractivity contribution in [2.75, 3.05) is 11.6 Å². The SMILES string of the molecule is Cc1ccc2nc(CCCl)n(CC3CCCS3)c2n1. The van der Waals surface area contributed by atoms with Crippen LogP contribution in [0.4, 0.5) is 0 Å². The Hall–Kier alpha value is -0.740. The molecular weight excluding hydrogens is 278 g/mol. The van der Waals surface area contributed by atoms with Crippen molar-refractivity contribution in [2.45, 2.75) is 38.0 Å². The average Bonchev–Trinajstić information content (AvgIpc) is 3.00. The molecule has 5 heteroatoms. The second kappa shape index (κ2) is 5.71. The smallest absolute Gasteiger partial charge is 0.160 e. The normalized spacial score (nSPS) is 19.4. The third-order valence-electron chi connectivity index (χ3n) is 3.54. The molecule has 0 radical (unpaired) electrons. The molecule has 3 rings (SSSR count). The molecule has 0 amide bonds. The highest BCUT2D eigenvalue weighted by Crippen LogP contribution is 2.29. The molecule has 3 nitrogen and oxygen atoms in total. The number of hydrogen-bond donors (Lipinski definition) is 0. The molecule has 1 unspecified atom stereocenters. The molecule has 1 aliphatic rings. The minimum Gasteiger partial charge on any atom is -0.312 e. The lowest BCUT2D eigenvalue weighted by atomic mass is 10.2. The van der Waals surface area contributed by atoms with Crippen LogP contribution in [0.2, 0.25) is 0 Å². The van der Waals surface area contributed by atoms with E-state index in [-0.39, 0.29) is 0 Å². The van der Waals surface area contributed by atoms with Gasteiger partial charge in [0.2, 0.25) is 0 Å².